The Bertz CT molecular complexity index is 733. The Labute approximate surface area is 115 Å². The van der Waals surface area contributed by atoms with Crippen LogP contribution >= 0.6 is 11.6 Å². The fourth-order valence-electron chi connectivity index (χ4n) is 1.95. The van der Waals surface area contributed by atoms with Crippen molar-refractivity contribution >= 4 is 28.6 Å². The van der Waals surface area contributed by atoms with Gasteiger partial charge in [0.1, 0.15) is 0 Å². The molecule has 3 rings (SSSR count). The quantitative estimate of drug-likeness (QED) is 0.778. The molecule has 0 aliphatic rings. The number of benzene rings is 1. The second-order valence-electron chi connectivity index (χ2n) is 4.34. The van der Waals surface area contributed by atoms with Crippen molar-refractivity contribution in [2.75, 3.05) is 5.73 Å². The van der Waals surface area contributed by atoms with Crippen LogP contribution in [0.5, 0.6) is 0 Å². The molecular weight excluding hydrogens is 262 g/mol. The van der Waals surface area contributed by atoms with Crippen molar-refractivity contribution in [3.63, 3.8) is 0 Å². The van der Waals surface area contributed by atoms with Gasteiger partial charge >= 0.3 is 0 Å². The first kappa shape index (κ1) is 11.9. The second-order valence-corrected chi connectivity index (χ2v) is 4.77. The van der Waals surface area contributed by atoms with E-state index in [1.165, 1.54) is 0 Å². The molecule has 0 bridgehead atoms. The van der Waals surface area contributed by atoms with Crippen LogP contribution < -0.4 is 5.73 Å². The van der Waals surface area contributed by atoms with Gasteiger partial charge in [0, 0.05) is 11.2 Å². The molecule has 96 valence electrons. The van der Waals surface area contributed by atoms with Crippen LogP contribution in [0.3, 0.4) is 0 Å². The molecule has 1 aromatic carbocycles. The molecule has 0 fully saturated rings. The molecule has 0 saturated carbocycles. The van der Waals surface area contributed by atoms with E-state index >= 15 is 0 Å². The van der Waals surface area contributed by atoms with E-state index in [1.54, 1.807) is 18.5 Å². The van der Waals surface area contributed by atoms with Gasteiger partial charge in [-0.2, -0.15) is 0 Å². The van der Waals surface area contributed by atoms with Crippen molar-refractivity contribution in [2.24, 2.45) is 0 Å². The molecule has 2 aromatic heterocycles. The highest BCUT2D eigenvalue weighted by atomic mass is 35.5. The highest BCUT2D eigenvalue weighted by Crippen LogP contribution is 2.22. The monoisotopic (exact) mass is 273 g/mol. The molecule has 2 heterocycles. The minimum atomic E-state index is 0.444. The van der Waals surface area contributed by atoms with Crippen LogP contribution in [-0.2, 0) is 6.54 Å². The molecule has 0 radical (unpaired) electrons. The maximum Gasteiger partial charge on any atom is 0.201 e. The average Bonchev–Trinajstić information content (AvgIpc) is 2.68. The average molecular weight is 274 g/mol. The Hall–Kier alpha value is -2.14. The maximum absolute atomic E-state index is 5.95. The van der Waals surface area contributed by atoms with E-state index in [2.05, 4.69) is 15.0 Å². The summed E-state index contributed by atoms with van der Waals surface area (Å²) in [7, 11) is 0. The number of hydrogen-bond acceptors (Lipinski definition) is 4. The molecule has 0 atom stereocenters. The summed E-state index contributed by atoms with van der Waals surface area (Å²) < 4.78 is 1.89. The van der Waals surface area contributed by atoms with Gasteiger partial charge in [0.15, 0.2) is 0 Å². The maximum atomic E-state index is 5.95. The van der Waals surface area contributed by atoms with E-state index in [4.69, 9.17) is 17.3 Å². The molecule has 3 aromatic rings. The van der Waals surface area contributed by atoms with Crippen LogP contribution in [-0.4, -0.2) is 19.5 Å². The first-order chi connectivity index (χ1) is 9.13. The summed E-state index contributed by atoms with van der Waals surface area (Å²) in [6.07, 6.45) is 3.48. The normalized spacial score (nSPS) is 11.1. The molecule has 0 unspecified atom stereocenters. The number of aryl methyl sites for hydroxylation is 1. The van der Waals surface area contributed by atoms with E-state index in [0.29, 0.717) is 17.5 Å². The van der Waals surface area contributed by atoms with Crippen molar-refractivity contribution in [3.8, 4) is 0 Å². The van der Waals surface area contributed by atoms with E-state index < -0.39 is 0 Å². The number of nitrogen functional groups attached to an aromatic ring is 1. The lowest BCUT2D eigenvalue weighted by Crippen LogP contribution is -2.06. The second kappa shape index (κ2) is 4.51. The van der Waals surface area contributed by atoms with Gasteiger partial charge in [-0.1, -0.05) is 11.6 Å². The summed E-state index contributed by atoms with van der Waals surface area (Å²) >= 11 is 5.95. The summed E-state index contributed by atoms with van der Waals surface area (Å²) in [6.45, 7) is 2.44. The lowest BCUT2D eigenvalue weighted by atomic mass is 10.3. The van der Waals surface area contributed by atoms with Crippen molar-refractivity contribution in [1.29, 1.82) is 0 Å². The SMILES string of the molecule is Cc1cnc(Cn2c(N)nc3cc(Cl)ccc32)cn1. The fourth-order valence-corrected chi connectivity index (χ4v) is 2.12. The highest BCUT2D eigenvalue weighted by Gasteiger charge is 2.09. The summed E-state index contributed by atoms with van der Waals surface area (Å²) in [4.78, 5) is 12.8. The van der Waals surface area contributed by atoms with Crippen LogP contribution in [0, 0.1) is 6.92 Å². The Morgan fingerprint density at radius 2 is 2.11 bits per heavy atom. The van der Waals surface area contributed by atoms with Crippen LogP contribution in [0.15, 0.2) is 30.6 Å². The van der Waals surface area contributed by atoms with Crippen molar-refractivity contribution in [3.05, 3.63) is 47.0 Å². The number of rotatable bonds is 2. The van der Waals surface area contributed by atoms with Gasteiger partial charge in [0.25, 0.3) is 0 Å². The van der Waals surface area contributed by atoms with Gasteiger partial charge < -0.3 is 10.3 Å². The molecule has 0 spiro atoms. The number of nitrogens with zero attached hydrogens (tertiary/aromatic N) is 4. The summed E-state index contributed by atoms with van der Waals surface area (Å²) in [6, 6.07) is 5.52. The number of hydrogen-bond donors (Lipinski definition) is 1. The van der Waals surface area contributed by atoms with E-state index in [9.17, 15) is 0 Å². The van der Waals surface area contributed by atoms with Crippen LogP contribution in [0.25, 0.3) is 11.0 Å². The molecule has 0 saturated heterocycles. The van der Waals surface area contributed by atoms with Gasteiger partial charge in [0.05, 0.1) is 35.2 Å². The zero-order valence-corrected chi connectivity index (χ0v) is 11.1. The van der Waals surface area contributed by atoms with Gasteiger partial charge in [-0.15, -0.1) is 0 Å². The number of nitrogens with two attached hydrogens (primary N) is 1. The van der Waals surface area contributed by atoms with E-state index in [0.717, 1.165) is 22.4 Å². The van der Waals surface area contributed by atoms with Gasteiger partial charge in [-0.25, -0.2) is 4.98 Å². The minimum Gasteiger partial charge on any atom is -0.369 e. The molecule has 5 nitrogen and oxygen atoms in total. The molecular formula is C13H12ClN5. The lowest BCUT2D eigenvalue weighted by Gasteiger charge is -2.05. The first-order valence-electron chi connectivity index (χ1n) is 5.82. The minimum absolute atomic E-state index is 0.444. The van der Waals surface area contributed by atoms with Crippen LogP contribution in [0.4, 0.5) is 5.95 Å². The van der Waals surface area contributed by atoms with Gasteiger partial charge in [-0.3, -0.25) is 9.97 Å². The Morgan fingerprint density at radius 1 is 1.26 bits per heavy atom. The number of imidazole rings is 1. The Balaban J connectivity index is 2.05. The van der Waals surface area contributed by atoms with Gasteiger partial charge in [-0.05, 0) is 25.1 Å². The number of fused-ring (bicyclic) bond motifs is 1. The van der Waals surface area contributed by atoms with Crippen molar-refractivity contribution < 1.29 is 0 Å². The third-order valence-electron chi connectivity index (χ3n) is 2.89. The van der Waals surface area contributed by atoms with E-state index in [-0.39, 0.29) is 0 Å². The molecule has 6 heteroatoms. The molecule has 0 aliphatic heterocycles. The fraction of sp³-hybridized carbons (Fsp3) is 0.154. The Kier molecular flexibility index (Phi) is 2.83. The smallest absolute Gasteiger partial charge is 0.201 e. The van der Waals surface area contributed by atoms with Crippen LogP contribution in [0.2, 0.25) is 5.02 Å². The zero-order valence-electron chi connectivity index (χ0n) is 10.3. The Morgan fingerprint density at radius 3 is 2.84 bits per heavy atom. The highest BCUT2D eigenvalue weighted by molar-refractivity contribution is 6.31. The molecule has 0 amide bonds. The van der Waals surface area contributed by atoms with Gasteiger partial charge in [0.2, 0.25) is 5.95 Å². The lowest BCUT2D eigenvalue weighted by molar-refractivity contribution is 0.798. The van der Waals surface area contributed by atoms with Crippen molar-refractivity contribution in [2.45, 2.75) is 13.5 Å². The van der Waals surface area contributed by atoms with E-state index in [1.807, 2.05) is 23.6 Å². The van der Waals surface area contributed by atoms with Crippen LogP contribution in [0.1, 0.15) is 11.4 Å². The third kappa shape index (κ3) is 2.24. The topological polar surface area (TPSA) is 69.6 Å². The van der Waals surface area contributed by atoms with Crippen molar-refractivity contribution in [1.82, 2.24) is 19.5 Å². The summed E-state index contributed by atoms with van der Waals surface area (Å²) in [5.74, 6) is 0.444. The largest absolute Gasteiger partial charge is 0.369 e. The number of aromatic nitrogens is 4. The predicted octanol–water partition coefficient (Wildman–Crippen LogP) is 2.42. The number of halogens is 1. The molecule has 19 heavy (non-hydrogen) atoms. The predicted molar refractivity (Wildman–Crippen MR) is 75.0 cm³/mol. The molecule has 0 aliphatic carbocycles. The zero-order chi connectivity index (χ0) is 13.4. The molecule has 2 N–H and O–H groups in total. The summed E-state index contributed by atoms with van der Waals surface area (Å²) in [5.41, 5.74) is 9.39. The standard InChI is InChI=1S/C13H12ClN5/c1-8-5-17-10(6-16-8)7-19-12-3-2-9(14)4-11(12)18-13(19)15/h2-6H,7H2,1H3,(H2,15,18). The summed E-state index contributed by atoms with van der Waals surface area (Å²) in [5, 5.41) is 0.646. The third-order valence-corrected chi connectivity index (χ3v) is 3.13. The number of anilines is 1. The first-order valence-corrected chi connectivity index (χ1v) is 6.20.